The summed E-state index contributed by atoms with van der Waals surface area (Å²) in [4.78, 5) is 10.0. The van der Waals surface area contributed by atoms with Crippen LogP contribution in [0.3, 0.4) is 0 Å². The second-order valence-electron chi connectivity index (χ2n) is 3.43. The van der Waals surface area contributed by atoms with Crippen LogP contribution in [0, 0.1) is 0 Å². The number of hydrogen-bond acceptors (Lipinski definition) is 5. The van der Waals surface area contributed by atoms with Crippen molar-refractivity contribution in [3.05, 3.63) is 18.6 Å². The van der Waals surface area contributed by atoms with Crippen molar-refractivity contribution in [2.24, 2.45) is 0 Å². The van der Waals surface area contributed by atoms with Gasteiger partial charge in [0.2, 0.25) is 0 Å². The van der Waals surface area contributed by atoms with Crippen LogP contribution in [0.1, 0.15) is 6.42 Å². The number of piperidine rings is 1. The van der Waals surface area contributed by atoms with E-state index in [1.807, 2.05) is 4.90 Å². The van der Waals surface area contributed by atoms with E-state index in [0.29, 0.717) is 19.5 Å². The van der Waals surface area contributed by atoms with Crippen LogP contribution in [0.4, 0.5) is 5.82 Å². The van der Waals surface area contributed by atoms with Crippen LogP contribution in [0.5, 0.6) is 0 Å². The molecule has 0 aliphatic carbocycles. The molecule has 1 fully saturated rings. The number of hydrogen-bond donors (Lipinski definition) is 2. The summed E-state index contributed by atoms with van der Waals surface area (Å²) in [7, 11) is 0. The maximum absolute atomic E-state index is 9.47. The zero-order chi connectivity index (χ0) is 9.97. The Hall–Kier alpha value is -1.20. The van der Waals surface area contributed by atoms with Gasteiger partial charge in [-0.1, -0.05) is 0 Å². The molecule has 1 aromatic heterocycles. The molecule has 0 spiro atoms. The third kappa shape index (κ3) is 1.83. The molecule has 0 saturated carbocycles. The molecule has 5 nitrogen and oxygen atoms in total. The minimum absolute atomic E-state index is 0.417. The number of nitrogens with zero attached hydrogens (tertiary/aromatic N) is 3. The van der Waals surface area contributed by atoms with Crippen molar-refractivity contribution < 1.29 is 10.2 Å². The largest absolute Gasteiger partial charge is 0.390 e. The van der Waals surface area contributed by atoms with Crippen LogP contribution in [0.25, 0.3) is 0 Å². The summed E-state index contributed by atoms with van der Waals surface area (Å²) in [5.41, 5.74) is 0. The fourth-order valence-corrected chi connectivity index (χ4v) is 1.58. The second-order valence-corrected chi connectivity index (χ2v) is 3.43. The Morgan fingerprint density at radius 3 is 2.79 bits per heavy atom. The lowest BCUT2D eigenvalue weighted by Gasteiger charge is -2.33. The first kappa shape index (κ1) is 9.36. The predicted molar refractivity (Wildman–Crippen MR) is 50.9 cm³/mol. The molecule has 0 radical (unpaired) electrons. The average Bonchev–Trinajstić information content (AvgIpc) is 2.23. The fraction of sp³-hybridized carbons (Fsp3) is 0.556. The predicted octanol–water partition coefficient (Wildman–Crippen LogP) is -0.592. The molecule has 5 heteroatoms. The first-order valence-electron chi connectivity index (χ1n) is 4.64. The van der Waals surface area contributed by atoms with E-state index in [4.69, 9.17) is 0 Å². The van der Waals surface area contributed by atoms with E-state index in [0.717, 1.165) is 5.82 Å². The van der Waals surface area contributed by atoms with E-state index in [9.17, 15) is 10.2 Å². The number of rotatable bonds is 1. The first-order valence-corrected chi connectivity index (χ1v) is 4.64. The lowest BCUT2D eigenvalue weighted by atomic mass is 10.1. The summed E-state index contributed by atoms with van der Waals surface area (Å²) >= 11 is 0. The van der Waals surface area contributed by atoms with Crippen molar-refractivity contribution in [3.8, 4) is 0 Å². The SMILES string of the molecule is OC1CCN(c2cnccn2)CC1O. The second kappa shape index (κ2) is 3.89. The summed E-state index contributed by atoms with van der Waals surface area (Å²) in [6.45, 7) is 1.12. The van der Waals surface area contributed by atoms with Crippen molar-refractivity contribution in [1.82, 2.24) is 9.97 Å². The average molecular weight is 195 g/mol. The molecule has 0 aromatic carbocycles. The van der Waals surface area contributed by atoms with Crippen molar-refractivity contribution >= 4 is 5.82 Å². The van der Waals surface area contributed by atoms with E-state index in [2.05, 4.69) is 9.97 Å². The van der Waals surface area contributed by atoms with Gasteiger partial charge in [-0.3, -0.25) is 4.98 Å². The quantitative estimate of drug-likeness (QED) is 0.626. The molecular formula is C9H13N3O2. The van der Waals surface area contributed by atoms with Gasteiger partial charge in [0.05, 0.1) is 18.4 Å². The molecule has 1 aliphatic rings. The van der Waals surface area contributed by atoms with Gasteiger partial charge in [-0.25, -0.2) is 4.98 Å². The van der Waals surface area contributed by atoms with Gasteiger partial charge in [0, 0.05) is 25.5 Å². The molecule has 2 N–H and O–H groups in total. The molecule has 1 aromatic rings. The van der Waals surface area contributed by atoms with Gasteiger partial charge >= 0.3 is 0 Å². The molecule has 2 heterocycles. The van der Waals surface area contributed by atoms with Crippen molar-refractivity contribution in [2.75, 3.05) is 18.0 Å². The highest BCUT2D eigenvalue weighted by molar-refractivity contribution is 5.36. The van der Waals surface area contributed by atoms with E-state index < -0.39 is 12.2 Å². The van der Waals surface area contributed by atoms with Crippen LogP contribution in [-0.2, 0) is 0 Å². The molecule has 2 atom stereocenters. The molecule has 1 aliphatic heterocycles. The number of anilines is 1. The number of β-amino-alcohol motifs (C(OH)–C–C–N with tert-alkyl or cyclic N) is 1. The van der Waals surface area contributed by atoms with Crippen LogP contribution >= 0.6 is 0 Å². The van der Waals surface area contributed by atoms with E-state index in [1.54, 1.807) is 18.6 Å². The number of aromatic nitrogens is 2. The molecular weight excluding hydrogens is 182 g/mol. The molecule has 0 amide bonds. The maximum Gasteiger partial charge on any atom is 0.147 e. The minimum Gasteiger partial charge on any atom is -0.390 e. The normalized spacial score (nSPS) is 27.7. The Morgan fingerprint density at radius 1 is 1.29 bits per heavy atom. The smallest absolute Gasteiger partial charge is 0.147 e. The molecule has 2 rings (SSSR count). The highest BCUT2D eigenvalue weighted by atomic mass is 16.3. The maximum atomic E-state index is 9.47. The summed E-state index contributed by atoms with van der Waals surface area (Å²) in [6.07, 6.45) is 4.15. The summed E-state index contributed by atoms with van der Waals surface area (Å²) < 4.78 is 0. The van der Waals surface area contributed by atoms with Gasteiger partial charge in [-0.05, 0) is 6.42 Å². The number of aliphatic hydroxyl groups is 2. The Labute approximate surface area is 82.0 Å². The van der Waals surface area contributed by atoms with Crippen LogP contribution in [-0.4, -0.2) is 45.5 Å². The van der Waals surface area contributed by atoms with Gasteiger partial charge in [-0.15, -0.1) is 0 Å². The third-order valence-corrected chi connectivity index (χ3v) is 2.42. The molecule has 2 unspecified atom stereocenters. The van der Waals surface area contributed by atoms with Crippen molar-refractivity contribution in [3.63, 3.8) is 0 Å². The van der Waals surface area contributed by atoms with Crippen LogP contribution in [0.2, 0.25) is 0 Å². The van der Waals surface area contributed by atoms with Crippen LogP contribution in [0.15, 0.2) is 18.6 Å². The highest BCUT2D eigenvalue weighted by Crippen LogP contribution is 2.16. The fourth-order valence-electron chi connectivity index (χ4n) is 1.58. The highest BCUT2D eigenvalue weighted by Gasteiger charge is 2.26. The first-order chi connectivity index (χ1) is 6.77. The Balaban J connectivity index is 2.07. The summed E-state index contributed by atoms with van der Waals surface area (Å²) in [5, 5.41) is 18.8. The zero-order valence-corrected chi connectivity index (χ0v) is 7.74. The molecule has 76 valence electrons. The number of aliphatic hydroxyl groups excluding tert-OH is 2. The van der Waals surface area contributed by atoms with Gasteiger partial charge < -0.3 is 15.1 Å². The Bertz CT molecular complexity index is 293. The topological polar surface area (TPSA) is 69.5 Å². The lowest BCUT2D eigenvalue weighted by molar-refractivity contribution is 0.00785. The van der Waals surface area contributed by atoms with E-state index in [-0.39, 0.29) is 0 Å². The zero-order valence-electron chi connectivity index (χ0n) is 7.74. The standard InChI is InChI=1S/C9H13N3O2/c13-7-1-4-12(6-8(7)14)9-5-10-2-3-11-9/h2-3,5,7-8,13-14H,1,4,6H2. The van der Waals surface area contributed by atoms with Gasteiger partial charge in [0.15, 0.2) is 0 Å². The van der Waals surface area contributed by atoms with Crippen LogP contribution < -0.4 is 4.90 Å². The lowest BCUT2D eigenvalue weighted by Crippen LogP contribution is -2.47. The molecule has 0 bridgehead atoms. The van der Waals surface area contributed by atoms with E-state index in [1.165, 1.54) is 0 Å². The van der Waals surface area contributed by atoms with Crippen molar-refractivity contribution in [1.29, 1.82) is 0 Å². The van der Waals surface area contributed by atoms with Crippen molar-refractivity contribution in [2.45, 2.75) is 18.6 Å². The van der Waals surface area contributed by atoms with E-state index >= 15 is 0 Å². The molecule has 1 saturated heterocycles. The monoisotopic (exact) mass is 195 g/mol. The molecule has 14 heavy (non-hydrogen) atoms. The summed E-state index contributed by atoms with van der Waals surface area (Å²) in [6, 6.07) is 0. The Morgan fingerprint density at radius 2 is 2.14 bits per heavy atom. The van der Waals surface area contributed by atoms with Gasteiger partial charge in [0.1, 0.15) is 5.82 Å². The van der Waals surface area contributed by atoms with Gasteiger partial charge in [-0.2, -0.15) is 0 Å². The summed E-state index contributed by atoms with van der Waals surface area (Å²) in [5.74, 6) is 0.749. The third-order valence-electron chi connectivity index (χ3n) is 2.42. The van der Waals surface area contributed by atoms with Gasteiger partial charge in [0.25, 0.3) is 0 Å². The Kier molecular flexibility index (Phi) is 2.60. The minimum atomic E-state index is -0.689.